The minimum absolute atomic E-state index is 0.112. The van der Waals surface area contributed by atoms with Crippen LogP contribution in [0, 0.1) is 5.92 Å². The lowest BCUT2D eigenvalue weighted by Crippen LogP contribution is -2.27. The van der Waals surface area contributed by atoms with Gasteiger partial charge in [0.15, 0.2) is 0 Å². The van der Waals surface area contributed by atoms with E-state index in [-0.39, 0.29) is 5.97 Å². The molecular weight excluding hydrogens is 202 g/mol. The highest BCUT2D eigenvalue weighted by atomic mass is 16.5. The molecule has 2 rings (SSSR count). The van der Waals surface area contributed by atoms with Gasteiger partial charge in [0.25, 0.3) is 0 Å². The average Bonchev–Trinajstić information content (AvgIpc) is 3.05. The van der Waals surface area contributed by atoms with E-state index in [9.17, 15) is 4.79 Å². The minimum Gasteiger partial charge on any atom is -0.468 e. The maximum Gasteiger partial charge on any atom is 0.316 e. The minimum atomic E-state index is -0.404. The lowest BCUT2D eigenvalue weighted by Gasteiger charge is -2.15. The van der Waals surface area contributed by atoms with Gasteiger partial charge in [0.1, 0.15) is 0 Å². The number of nitrogens with one attached hydrogen (secondary N) is 1. The van der Waals surface area contributed by atoms with Crippen molar-refractivity contribution in [2.24, 2.45) is 5.92 Å². The second-order valence-electron chi connectivity index (χ2n) is 4.29. The van der Waals surface area contributed by atoms with Crippen LogP contribution in [-0.4, -0.2) is 26.7 Å². The number of hydrogen-bond acceptors (Lipinski definition) is 3. The van der Waals surface area contributed by atoms with Crippen molar-refractivity contribution in [3.8, 4) is 0 Å². The van der Waals surface area contributed by atoms with Gasteiger partial charge in [0.2, 0.25) is 0 Å². The van der Waals surface area contributed by atoms with E-state index in [1.54, 1.807) is 0 Å². The molecule has 1 saturated carbocycles. The first kappa shape index (κ1) is 11.1. The topological polar surface area (TPSA) is 38.3 Å². The van der Waals surface area contributed by atoms with Crippen LogP contribution in [-0.2, 0) is 14.9 Å². The predicted molar refractivity (Wildman–Crippen MR) is 62.2 cm³/mol. The van der Waals surface area contributed by atoms with E-state index < -0.39 is 5.41 Å². The summed E-state index contributed by atoms with van der Waals surface area (Å²) in [7, 11) is 3.37. The van der Waals surface area contributed by atoms with Crippen LogP contribution in [0.1, 0.15) is 12.0 Å². The van der Waals surface area contributed by atoms with E-state index >= 15 is 0 Å². The average molecular weight is 219 g/mol. The van der Waals surface area contributed by atoms with Gasteiger partial charge in [-0.25, -0.2) is 0 Å². The number of methoxy groups -OCH3 is 1. The lowest BCUT2D eigenvalue weighted by atomic mass is 9.93. The fraction of sp³-hybridized carbons (Fsp3) is 0.462. The van der Waals surface area contributed by atoms with Crippen molar-refractivity contribution in [1.29, 1.82) is 0 Å². The third-order valence-electron chi connectivity index (χ3n) is 3.39. The molecule has 0 aromatic heterocycles. The molecule has 0 heterocycles. The summed E-state index contributed by atoms with van der Waals surface area (Å²) in [5, 5.41) is 3.13. The number of benzene rings is 1. The van der Waals surface area contributed by atoms with Gasteiger partial charge in [-0.1, -0.05) is 30.3 Å². The largest absolute Gasteiger partial charge is 0.468 e. The van der Waals surface area contributed by atoms with Crippen LogP contribution < -0.4 is 5.32 Å². The highest BCUT2D eigenvalue weighted by Gasteiger charge is 2.61. The Morgan fingerprint density at radius 3 is 2.75 bits per heavy atom. The Morgan fingerprint density at radius 1 is 1.50 bits per heavy atom. The molecule has 1 aliphatic rings. The summed E-state index contributed by atoms with van der Waals surface area (Å²) in [6, 6.07) is 9.91. The zero-order valence-electron chi connectivity index (χ0n) is 9.69. The van der Waals surface area contributed by atoms with E-state index in [0.717, 1.165) is 18.5 Å². The van der Waals surface area contributed by atoms with Gasteiger partial charge in [-0.2, -0.15) is 0 Å². The predicted octanol–water partition coefficient (Wildman–Crippen LogP) is 1.34. The van der Waals surface area contributed by atoms with Gasteiger partial charge in [-0.15, -0.1) is 0 Å². The first-order valence-corrected chi connectivity index (χ1v) is 5.54. The summed E-state index contributed by atoms with van der Waals surface area (Å²) in [5.74, 6) is 0.242. The number of esters is 1. The second-order valence-corrected chi connectivity index (χ2v) is 4.29. The van der Waals surface area contributed by atoms with Crippen molar-refractivity contribution in [1.82, 2.24) is 5.32 Å². The molecule has 1 aromatic carbocycles. The van der Waals surface area contributed by atoms with E-state index in [0.29, 0.717) is 5.92 Å². The number of hydrogen-bond donors (Lipinski definition) is 1. The number of carbonyl (C=O) groups excluding carboxylic acids is 1. The van der Waals surface area contributed by atoms with Crippen molar-refractivity contribution in [3.05, 3.63) is 35.9 Å². The lowest BCUT2D eigenvalue weighted by molar-refractivity contribution is -0.144. The zero-order chi connectivity index (χ0) is 11.6. The molecule has 0 unspecified atom stereocenters. The molecule has 0 amide bonds. The van der Waals surface area contributed by atoms with Crippen LogP contribution in [0.4, 0.5) is 0 Å². The van der Waals surface area contributed by atoms with Gasteiger partial charge in [0, 0.05) is 0 Å². The third-order valence-corrected chi connectivity index (χ3v) is 3.39. The molecule has 1 aromatic rings. The number of ether oxygens (including phenoxy) is 1. The van der Waals surface area contributed by atoms with Gasteiger partial charge in [-0.3, -0.25) is 4.79 Å². The zero-order valence-corrected chi connectivity index (χ0v) is 9.69. The summed E-state index contributed by atoms with van der Waals surface area (Å²) in [4.78, 5) is 11.9. The molecule has 3 nitrogen and oxygen atoms in total. The molecule has 1 aliphatic carbocycles. The van der Waals surface area contributed by atoms with E-state index in [4.69, 9.17) is 4.74 Å². The van der Waals surface area contributed by atoms with Crippen molar-refractivity contribution in [2.75, 3.05) is 20.7 Å². The number of carbonyl (C=O) groups is 1. The molecule has 0 aliphatic heterocycles. The highest BCUT2D eigenvalue weighted by Crippen LogP contribution is 2.54. The van der Waals surface area contributed by atoms with Crippen molar-refractivity contribution >= 4 is 5.97 Å². The Bertz CT molecular complexity index is 377. The molecule has 16 heavy (non-hydrogen) atoms. The maximum atomic E-state index is 11.9. The summed E-state index contributed by atoms with van der Waals surface area (Å²) in [6.07, 6.45) is 0.879. The Hall–Kier alpha value is -1.35. The smallest absolute Gasteiger partial charge is 0.316 e. The molecule has 1 N–H and O–H groups in total. The van der Waals surface area contributed by atoms with Gasteiger partial charge < -0.3 is 10.1 Å². The first-order chi connectivity index (χ1) is 7.75. The normalized spacial score (nSPS) is 27.5. The Balaban J connectivity index is 2.28. The third kappa shape index (κ3) is 1.61. The molecule has 0 bridgehead atoms. The van der Waals surface area contributed by atoms with Crippen molar-refractivity contribution in [3.63, 3.8) is 0 Å². The van der Waals surface area contributed by atoms with Crippen LogP contribution >= 0.6 is 0 Å². The van der Waals surface area contributed by atoms with Crippen LogP contribution in [0.25, 0.3) is 0 Å². The van der Waals surface area contributed by atoms with Crippen LogP contribution in [0.2, 0.25) is 0 Å². The molecule has 0 spiro atoms. The molecule has 1 fully saturated rings. The van der Waals surface area contributed by atoms with Gasteiger partial charge >= 0.3 is 5.97 Å². The summed E-state index contributed by atoms with van der Waals surface area (Å²) in [6.45, 7) is 0.851. The first-order valence-electron chi connectivity index (χ1n) is 5.54. The van der Waals surface area contributed by atoms with E-state index in [1.807, 2.05) is 37.4 Å². The number of rotatable bonds is 4. The molecule has 2 atom stereocenters. The van der Waals surface area contributed by atoms with Crippen LogP contribution in [0.15, 0.2) is 30.3 Å². The molecule has 86 valence electrons. The maximum absolute atomic E-state index is 11.9. The van der Waals surface area contributed by atoms with Gasteiger partial charge in [0.05, 0.1) is 12.5 Å². The highest BCUT2D eigenvalue weighted by molar-refractivity contribution is 5.87. The standard InChI is InChI=1S/C13H17NO2/c1-14-9-11-8-13(11,12(15)16-2)10-6-4-3-5-7-10/h3-7,11,14H,8-9H2,1-2H3/t11-,13-/m0/s1. The van der Waals surface area contributed by atoms with Crippen molar-refractivity contribution in [2.45, 2.75) is 11.8 Å². The fourth-order valence-corrected chi connectivity index (χ4v) is 2.46. The Labute approximate surface area is 95.8 Å². The fourth-order valence-electron chi connectivity index (χ4n) is 2.46. The SMILES string of the molecule is CNC[C@@H]1C[C@]1(C(=O)OC)c1ccccc1. The molecule has 0 saturated heterocycles. The summed E-state index contributed by atoms with van der Waals surface area (Å²) in [5.41, 5.74) is 0.668. The summed E-state index contributed by atoms with van der Waals surface area (Å²) >= 11 is 0. The Kier molecular flexibility index (Phi) is 2.97. The monoisotopic (exact) mass is 219 g/mol. The van der Waals surface area contributed by atoms with Crippen LogP contribution in [0.3, 0.4) is 0 Å². The van der Waals surface area contributed by atoms with Gasteiger partial charge in [-0.05, 0) is 31.5 Å². The Morgan fingerprint density at radius 2 is 2.19 bits per heavy atom. The quantitative estimate of drug-likeness (QED) is 0.777. The van der Waals surface area contributed by atoms with Crippen molar-refractivity contribution < 1.29 is 9.53 Å². The molecule has 3 heteroatoms. The summed E-state index contributed by atoms with van der Waals surface area (Å²) < 4.78 is 4.94. The van der Waals surface area contributed by atoms with E-state index in [2.05, 4.69) is 5.32 Å². The van der Waals surface area contributed by atoms with Crippen LogP contribution in [0.5, 0.6) is 0 Å². The second kappa shape index (κ2) is 4.26. The molecular formula is C13H17NO2. The van der Waals surface area contributed by atoms with E-state index in [1.165, 1.54) is 7.11 Å². The molecule has 0 radical (unpaired) electrons.